The molecule has 168 valence electrons. The summed E-state index contributed by atoms with van der Waals surface area (Å²) in [5.41, 5.74) is 2.88. The third-order valence-electron chi connectivity index (χ3n) is 5.38. The zero-order valence-corrected chi connectivity index (χ0v) is 18.7. The number of fused-ring (bicyclic) bond motifs is 1. The van der Waals surface area contributed by atoms with Gasteiger partial charge in [-0.3, -0.25) is 9.69 Å². The Morgan fingerprint density at radius 2 is 2.00 bits per heavy atom. The second kappa shape index (κ2) is 10.6. The molecule has 0 aliphatic carbocycles. The van der Waals surface area contributed by atoms with E-state index in [1.807, 2.05) is 32.9 Å². The number of amides is 1. The van der Waals surface area contributed by atoms with Crippen LogP contribution in [0.4, 0.5) is 0 Å². The molecule has 2 heterocycles. The fourth-order valence-corrected chi connectivity index (χ4v) is 3.73. The van der Waals surface area contributed by atoms with Crippen molar-refractivity contribution in [3.05, 3.63) is 51.4 Å². The van der Waals surface area contributed by atoms with Gasteiger partial charge in [0.1, 0.15) is 17.9 Å². The van der Waals surface area contributed by atoms with Crippen LogP contribution in [-0.4, -0.2) is 56.8 Å². The molecule has 1 N–H and O–H groups in total. The third kappa shape index (κ3) is 6.18. The van der Waals surface area contributed by atoms with Gasteiger partial charge < -0.3 is 19.2 Å². The SMILES string of the molecule is C=C(C)COc1cc(C)cc2oc(=O)c(CC(=O)NCCCN3CCOCC3)c(C)c12. The van der Waals surface area contributed by atoms with Gasteiger partial charge in [0.2, 0.25) is 5.91 Å². The van der Waals surface area contributed by atoms with Crippen molar-refractivity contribution in [2.75, 3.05) is 46.0 Å². The Balaban J connectivity index is 1.70. The molecule has 0 unspecified atom stereocenters. The normalized spacial score (nSPS) is 14.5. The molecule has 1 aromatic heterocycles. The molecule has 31 heavy (non-hydrogen) atoms. The number of aryl methyl sites for hydroxylation is 2. The van der Waals surface area contributed by atoms with Crippen LogP contribution in [0.15, 0.2) is 33.5 Å². The lowest BCUT2D eigenvalue weighted by molar-refractivity contribution is -0.120. The monoisotopic (exact) mass is 428 g/mol. The molecule has 1 fully saturated rings. The van der Waals surface area contributed by atoms with E-state index in [9.17, 15) is 9.59 Å². The first kappa shape index (κ1) is 23.0. The van der Waals surface area contributed by atoms with E-state index < -0.39 is 5.63 Å². The maximum atomic E-state index is 12.6. The number of hydrogen-bond donors (Lipinski definition) is 1. The zero-order valence-electron chi connectivity index (χ0n) is 18.7. The van der Waals surface area contributed by atoms with Crippen LogP contribution in [0.2, 0.25) is 0 Å². The highest BCUT2D eigenvalue weighted by Gasteiger charge is 2.18. The van der Waals surface area contributed by atoms with Crippen molar-refractivity contribution in [3.8, 4) is 5.75 Å². The Labute approximate surface area is 183 Å². The number of morpholine rings is 1. The average Bonchev–Trinajstić information content (AvgIpc) is 2.73. The van der Waals surface area contributed by atoms with Crippen molar-refractivity contribution in [1.82, 2.24) is 10.2 Å². The van der Waals surface area contributed by atoms with Gasteiger partial charge in [0, 0.05) is 19.6 Å². The van der Waals surface area contributed by atoms with Gasteiger partial charge in [-0.25, -0.2) is 4.79 Å². The standard InChI is InChI=1S/C24H32N2O5/c1-16(2)15-30-20-12-17(3)13-21-23(20)18(4)19(24(28)31-21)14-22(27)25-6-5-7-26-8-10-29-11-9-26/h12-13H,1,5-11,14-15H2,2-4H3,(H,25,27). The largest absolute Gasteiger partial charge is 0.488 e. The Bertz CT molecular complexity index is 1010. The van der Waals surface area contributed by atoms with Crippen LogP contribution in [0.1, 0.15) is 30.0 Å². The number of hydrogen-bond acceptors (Lipinski definition) is 6. The summed E-state index contributed by atoms with van der Waals surface area (Å²) in [5.74, 6) is 0.444. The summed E-state index contributed by atoms with van der Waals surface area (Å²) in [4.78, 5) is 27.4. The predicted molar refractivity (Wildman–Crippen MR) is 121 cm³/mol. The van der Waals surface area contributed by atoms with E-state index in [1.165, 1.54) is 0 Å². The maximum Gasteiger partial charge on any atom is 0.340 e. The number of rotatable bonds is 9. The Morgan fingerprint density at radius 3 is 2.71 bits per heavy atom. The smallest absolute Gasteiger partial charge is 0.340 e. The van der Waals surface area contributed by atoms with Gasteiger partial charge in [0.15, 0.2) is 0 Å². The number of nitrogens with one attached hydrogen (secondary N) is 1. The number of carbonyl (C=O) groups excluding carboxylic acids is 1. The number of ether oxygens (including phenoxy) is 2. The minimum Gasteiger partial charge on any atom is -0.488 e. The van der Waals surface area contributed by atoms with Crippen LogP contribution in [0.3, 0.4) is 0 Å². The molecule has 1 amide bonds. The van der Waals surface area contributed by atoms with Crippen molar-refractivity contribution >= 4 is 16.9 Å². The highest BCUT2D eigenvalue weighted by Crippen LogP contribution is 2.31. The molecule has 0 bridgehead atoms. The molecule has 1 aliphatic rings. The predicted octanol–water partition coefficient (Wildman–Crippen LogP) is 2.75. The fourth-order valence-electron chi connectivity index (χ4n) is 3.73. The van der Waals surface area contributed by atoms with E-state index in [0.29, 0.717) is 35.6 Å². The lowest BCUT2D eigenvalue weighted by atomic mass is 10.0. The van der Waals surface area contributed by atoms with Crippen LogP contribution in [0.5, 0.6) is 5.75 Å². The number of nitrogens with zero attached hydrogens (tertiary/aromatic N) is 1. The van der Waals surface area contributed by atoms with Gasteiger partial charge in [-0.1, -0.05) is 6.58 Å². The maximum absolute atomic E-state index is 12.6. The van der Waals surface area contributed by atoms with E-state index in [2.05, 4.69) is 16.8 Å². The lowest BCUT2D eigenvalue weighted by Crippen LogP contribution is -2.38. The van der Waals surface area contributed by atoms with Crippen LogP contribution < -0.4 is 15.7 Å². The Kier molecular flexibility index (Phi) is 7.87. The first-order chi connectivity index (χ1) is 14.8. The number of carbonyl (C=O) groups is 1. The quantitative estimate of drug-likeness (QED) is 0.376. The van der Waals surface area contributed by atoms with Crippen LogP contribution in [-0.2, 0) is 16.0 Å². The van der Waals surface area contributed by atoms with Crippen molar-refractivity contribution in [2.45, 2.75) is 33.6 Å². The molecule has 7 heteroatoms. The second-order valence-corrected chi connectivity index (χ2v) is 8.21. The van der Waals surface area contributed by atoms with E-state index in [4.69, 9.17) is 13.9 Å². The van der Waals surface area contributed by atoms with Crippen molar-refractivity contribution < 1.29 is 18.7 Å². The molecular formula is C24H32N2O5. The Hall–Kier alpha value is -2.64. The first-order valence-electron chi connectivity index (χ1n) is 10.8. The summed E-state index contributed by atoms with van der Waals surface area (Å²) < 4.78 is 16.8. The van der Waals surface area contributed by atoms with Gasteiger partial charge in [-0.15, -0.1) is 0 Å². The summed E-state index contributed by atoms with van der Waals surface area (Å²) in [6.45, 7) is 14.8. The zero-order chi connectivity index (χ0) is 22.4. The van der Waals surface area contributed by atoms with Gasteiger partial charge >= 0.3 is 5.63 Å². The lowest BCUT2D eigenvalue weighted by Gasteiger charge is -2.26. The van der Waals surface area contributed by atoms with Crippen molar-refractivity contribution in [1.29, 1.82) is 0 Å². The molecule has 2 aromatic rings. The summed E-state index contributed by atoms with van der Waals surface area (Å²) in [7, 11) is 0. The highest BCUT2D eigenvalue weighted by atomic mass is 16.5. The van der Waals surface area contributed by atoms with Crippen LogP contribution in [0.25, 0.3) is 11.0 Å². The summed E-state index contributed by atoms with van der Waals surface area (Å²) >= 11 is 0. The molecule has 1 saturated heterocycles. The van der Waals surface area contributed by atoms with Gasteiger partial charge in [-0.2, -0.15) is 0 Å². The topological polar surface area (TPSA) is 81.0 Å². The first-order valence-corrected chi connectivity index (χ1v) is 10.8. The van der Waals surface area contributed by atoms with E-state index in [1.54, 1.807) is 0 Å². The third-order valence-corrected chi connectivity index (χ3v) is 5.38. The van der Waals surface area contributed by atoms with E-state index >= 15 is 0 Å². The summed E-state index contributed by atoms with van der Waals surface area (Å²) in [6.07, 6.45) is 0.838. The molecule has 1 aromatic carbocycles. The molecule has 1 aliphatic heterocycles. The number of benzene rings is 1. The second-order valence-electron chi connectivity index (χ2n) is 8.21. The highest BCUT2D eigenvalue weighted by molar-refractivity contribution is 5.89. The van der Waals surface area contributed by atoms with Gasteiger partial charge in [0.05, 0.1) is 30.6 Å². The van der Waals surface area contributed by atoms with Crippen molar-refractivity contribution in [3.63, 3.8) is 0 Å². The summed E-state index contributed by atoms with van der Waals surface area (Å²) in [5, 5.41) is 3.64. The van der Waals surface area contributed by atoms with Crippen LogP contribution in [0, 0.1) is 13.8 Å². The van der Waals surface area contributed by atoms with Crippen LogP contribution >= 0.6 is 0 Å². The minimum atomic E-state index is -0.482. The molecule has 0 spiro atoms. The molecule has 3 rings (SSSR count). The molecule has 0 saturated carbocycles. The fraction of sp³-hybridized carbons (Fsp3) is 0.500. The van der Waals surface area contributed by atoms with E-state index in [-0.39, 0.29) is 12.3 Å². The minimum absolute atomic E-state index is 0.0184. The molecular weight excluding hydrogens is 396 g/mol. The summed E-state index contributed by atoms with van der Waals surface area (Å²) in [6, 6.07) is 3.72. The van der Waals surface area contributed by atoms with Crippen molar-refractivity contribution in [2.24, 2.45) is 0 Å². The average molecular weight is 429 g/mol. The molecule has 0 radical (unpaired) electrons. The molecule has 0 atom stereocenters. The van der Waals surface area contributed by atoms with Gasteiger partial charge in [0.25, 0.3) is 0 Å². The van der Waals surface area contributed by atoms with Gasteiger partial charge in [-0.05, 0) is 62.6 Å². The van der Waals surface area contributed by atoms with E-state index in [0.717, 1.165) is 55.8 Å². The molecule has 7 nitrogen and oxygen atoms in total. The Morgan fingerprint density at radius 1 is 1.26 bits per heavy atom.